The Balaban J connectivity index is 1.87. The van der Waals surface area contributed by atoms with Gasteiger partial charge in [-0.3, -0.25) is 0 Å². The average Bonchev–Trinajstić information content (AvgIpc) is 2.50. The van der Waals surface area contributed by atoms with E-state index >= 15 is 0 Å². The zero-order chi connectivity index (χ0) is 14.7. The molecule has 0 aliphatic carbocycles. The zero-order valence-electron chi connectivity index (χ0n) is 12.4. The summed E-state index contributed by atoms with van der Waals surface area (Å²) < 4.78 is 6.03. The number of rotatable bonds is 4. The van der Waals surface area contributed by atoms with E-state index in [4.69, 9.17) is 4.74 Å². The first kappa shape index (κ1) is 13.7. The van der Waals surface area contributed by atoms with Crippen molar-refractivity contribution in [3.8, 4) is 11.5 Å². The second kappa shape index (κ2) is 5.98. The molecule has 0 aromatic heterocycles. The standard InChI is InChI=1S/C19H19NO/c1-14-11-15(13-20-2)7-10-19(14)21-18-9-8-16-5-3-4-6-17(16)12-18/h3-12,20H,13H2,1-2H3. The van der Waals surface area contributed by atoms with Crippen molar-refractivity contribution in [1.82, 2.24) is 5.32 Å². The molecule has 3 rings (SSSR count). The van der Waals surface area contributed by atoms with Crippen LogP contribution in [0.1, 0.15) is 11.1 Å². The van der Waals surface area contributed by atoms with Gasteiger partial charge in [-0.2, -0.15) is 0 Å². The Bertz CT molecular complexity index is 764. The molecule has 0 bridgehead atoms. The van der Waals surface area contributed by atoms with Gasteiger partial charge in [0.25, 0.3) is 0 Å². The molecule has 2 heteroatoms. The molecule has 0 heterocycles. The molecule has 0 unspecified atom stereocenters. The number of aryl methyl sites for hydroxylation is 1. The van der Waals surface area contributed by atoms with Crippen LogP contribution in [0.4, 0.5) is 0 Å². The van der Waals surface area contributed by atoms with Gasteiger partial charge in [0.05, 0.1) is 0 Å². The van der Waals surface area contributed by atoms with Crippen LogP contribution in [-0.4, -0.2) is 7.05 Å². The normalized spacial score (nSPS) is 10.8. The summed E-state index contributed by atoms with van der Waals surface area (Å²) in [4.78, 5) is 0. The van der Waals surface area contributed by atoms with E-state index in [1.54, 1.807) is 0 Å². The van der Waals surface area contributed by atoms with E-state index in [1.807, 2.05) is 31.3 Å². The summed E-state index contributed by atoms with van der Waals surface area (Å²) in [6.07, 6.45) is 0. The predicted octanol–water partition coefficient (Wildman–Crippen LogP) is 4.66. The lowest BCUT2D eigenvalue weighted by Gasteiger charge is -2.11. The monoisotopic (exact) mass is 277 g/mol. The molecule has 106 valence electrons. The summed E-state index contributed by atoms with van der Waals surface area (Å²) >= 11 is 0. The molecule has 0 amide bonds. The number of hydrogen-bond donors (Lipinski definition) is 1. The third-order valence-electron chi connectivity index (χ3n) is 3.57. The highest BCUT2D eigenvalue weighted by atomic mass is 16.5. The third-order valence-corrected chi connectivity index (χ3v) is 3.57. The van der Waals surface area contributed by atoms with Gasteiger partial charge in [-0.1, -0.05) is 42.5 Å². The van der Waals surface area contributed by atoms with Crippen molar-refractivity contribution in [2.45, 2.75) is 13.5 Å². The van der Waals surface area contributed by atoms with E-state index < -0.39 is 0 Å². The number of fused-ring (bicyclic) bond motifs is 1. The molecular formula is C19H19NO. The summed E-state index contributed by atoms with van der Waals surface area (Å²) in [6, 6.07) is 20.8. The fraction of sp³-hybridized carbons (Fsp3) is 0.158. The number of nitrogens with one attached hydrogen (secondary N) is 1. The van der Waals surface area contributed by atoms with Crippen molar-refractivity contribution < 1.29 is 4.74 Å². The number of benzene rings is 3. The fourth-order valence-electron chi connectivity index (χ4n) is 2.50. The summed E-state index contributed by atoms with van der Waals surface area (Å²) in [6.45, 7) is 2.95. The molecule has 0 spiro atoms. The van der Waals surface area contributed by atoms with Gasteiger partial charge in [-0.15, -0.1) is 0 Å². The van der Waals surface area contributed by atoms with E-state index in [-0.39, 0.29) is 0 Å². The van der Waals surface area contributed by atoms with Gasteiger partial charge in [0, 0.05) is 6.54 Å². The Morgan fingerprint density at radius 2 is 1.71 bits per heavy atom. The lowest BCUT2D eigenvalue weighted by Crippen LogP contribution is -2.05. The Morgan fingerprint density at radius 3 is 2.48 bits per heavy atom. The molecule has 0 atom stereocenters. The molecule has 0 aliphatic heterocycles. The van der Waals surface area contributed by atoms with Crippen LogP contribution < -0.4 is 10.1 Å². The summed E-state index contributed by atoms with van der Waals surface area (Å²) in [7, 11) is 1.95. The van der Waals surface area contributed by atoms with Crippen LogP contribution >= 0.6 is 0 Å². The molecule has 3 aromatic rings. The molecule has 3 aromatic carbocycles. The van der Waals surface area contributed by atoms with Crippen LogP contribution in [0.15, 0.2) is 60.7 Å². The Labute approximate surface area is 125 Å². The molecule has 0 fully saturated rings. The van der Waals surface area contributed by atoms with Crippen molar-refractivity contribution in [1.29, 1.82) is 0 Å². The fourth-order valence-corrected chi connectivity index (χ4v) is 2.50. The van der Waals surface area contributed by atoms with E-state index in [9.17, 15) is 0 Å². The smallest absolute Gasteiger partial charge is 0.130 e. The average molecular weight is 277 g/mol. The van der Waals surface area contributed by atoms with Crippen molar-refractivity contribution in [3.05, 3.63) is 71.8 Å². The Kier molecular flexibility index (Phi) is 3.89. The molecule has 21 heavy (non-hydrogen) atoms. The first-order valence-electron chi connectivity index (χ1n) is 7.17. The lowest BCUT2D eigenvalue weighted by molar-refractivity contribution is 0.479. The van der Waals surface area contributed by atoms with E-state index in [2.05, 4.69) is 48.6 Å². The molecular weight excluding hydrogens is 258 g/mol. The highest BCUT2D eigenvalue weighted by Crippen LogP contribution is 2.28. The van der Waals surface area contributed by atoms with Gasteiger partial charge in [0.15, 0.2) is 0 Å². The van der Waals surface area contributed by atoms with Crippen LogP contribution in [0.2, 0.25) is 0 Å². The summed E-state index contributed by atoms with van der Waals surface area (Å²) in [5, 5.41) is 5.58. The second-order valence-corrected chi connectivity index (χ2v) is 5.24. The lowest BCUT2D eigenvalue weighted by atomic mass is 10.1. The second-order valence-electron chi connectivity index (χ2n) is 5.24. The largest absolute Gasteiger partial charge is 0.457 e. The molecule has 0 saturated carbocycles. The van der Waals surface area contributed by atoms with E-state index in [1.165, 1.54) is 16.3 Å². The minimum atomic E-state index is 0.872. The van der Waals surface area contributed by atoms with Gasteiger partial charge in [0.2, 0.25) is 0 Å². The van der Waals surface area contributed by atoms with E-state index in [0.717, 1.165) is 23.6 Å². The van der Waals surface area contributed by atoms with Gasteiger partial charge in [-0.05, 0) is 54.1 Å². The maximum Gasteiger partial charge on any atom is 0.130 e. The van der Waals surface area contributed by atoms with Crippen LogP contribution in [-0.2, 0) is 6.54 Å². The maximum absolute atomic E-state index is 6.03. The highest BCUT2D eigenvalue weighted by molar-refractivity contribution is 5.83. The van der Waals surface area contributed by atoms with Crippen LogP contribution in [0, 0.1) is 6.92 Å². The van der Waals surface area contributed by atoms with Crippen LogP contribution in [0.5, 0.6) is 11.5 Å². The summed E-state index contributed by atoms with van der Waals surface area (Å²) in [5.41, 5.74) is 2.41. The Hall–Kier alpha value is -2.32. The third kappa shape index (κ3) is 3.06. The first-order valence-corrected chi connectivity index (χ1v) is 7.17. The first-order chi connectivity index (χ1) is 10.3. The van der Waals surface area contributed by atoms with Gasteiger partial charge in [0.1, 0.15) is 11.5 Å². The number of ether oxygens (including phenoxy) is 1. The van der Waals surface area contributed by atoms with Crippen molar-refractivity contribution >= 4 is 10.8 Å². The minimum absolute atomic E-state index is 0.872. The molecule has 0 radical (unpaired) electrons. The highest BCUT2D eigenvalue weighted by Gasteiger charge is 2.03. The molecule has 0 saturated heterocycles. The molecule has 1 N–H and O–H groups in total. The topological polar surface area (TPSA) is 21.3 Å². The van der Waals surface area contributed by atoms with E-state index in [0.29, 0.717) is 0 Å². The maximum atomic E-state index is 6.03. The predicted molar refractivity (Wildman–Crippen MR) is 88.0 cm³/mol. The zero-order valence-corrected chi connectivity index (χ0v) is 12.4. The SMILES string of the molecule is CNCc1ccc(Oc2ccc3ccccc3c2)c(C)c1. The quantitative estimate of drug-likeness (QED) is 0.749. The van der Waals surface area contributed by atoms with Gasteiger partial charge >= 0.3 is 0 Å². The van der Waals surface area contributed by atoms with Crippen LogP contribution in [0.25, 0.3) is 10.8 Å². The van der Waals surface area contributed by atoms with Crippen molar-refractivity contribution in [3.63, 3.8) is 0 Å². The summed E-state index contributed by atoms with van der Waals surface area (Å²) in [5.74, 6) is 1.78. The van der Waals surface area contributed by atoms with Crippen LogP contribution in [0.3, 0.4) is 0 Å². The van der Waals surface area contributed by atoms with Gasteiger partial charge in [-0.25, -0.2) is 0 Å². The Morgan fingerprint density at radius 1 is 0.905 bits per heavy atom. The van der Waals surface area contributed by atoms with Crippen molar-refractivity contribution in [2.75, 3.05) is 7.05 Å². The van der Waals surface area contributed by atoms with Crippen molar-refractivity contribution in [2.24, 2.45) is 0 Å². The molecule has 2 nitrogen and oxygen atoms in total. The van der Waals surface area contributed by atoms with Gasteiger partial charge < -0.3 is 10.1 Å². The minimum Gasteiger partial charge on any atom is -0.457 e. The number of hydrogen-bond acceptors (Lipinski definition) is 2. The molecule has 0 aliphatic rings.